The van der Waals surface area contributed by atoms with E-state index in [1.54, 1.807) is 11.3 Å². The number of nitrogens with one attached hydrogen (secondary N) is 1. The number of fused-ring (bicyclic) bond motifs is 1. The summed E-state index contributed by atoms with van der Waals surface area (Å²) in [5.74, 6) is 0.797. The third kappa shape index (κ3) is 2.76. The Kier molecular flexibility index (Phi) is 3.59. The van der Waals surface area contributed by atoms with Crippen LogP contribution in [0.4, 0.5) is 5.82 Å². The van der Waals surface area contributed by atoms with Gasteiger partial charge < -0.3 is 5.32 Å². The average Bonchev–Trinajstić information content (AvgIpc) is 2.76. The van der Waals surface area contributed by atoms with Crippen molar-refractivity contribution < 1.29 is 0 Å². The van der Waals surface area contributed by atoms with Crippen LogP contribution in [-0.2, 0) is 6.54 Å². The molecule has 0 unspecified atom stereocenters. The van der Waals surface area contributed by atoms with Crippen molar-refractivity contribution in [1.29, 1.82) is 0 Å². The molecule has 0 saturated heterocycles. The van der Waals surface area contributed by atoms with E-state index in [0.29, 0.717) is 0 Å². The van der Waals surface area contributed by atoms with Crippen molar-refractivity contribution in [2.24, 2.45) is 0 Å². The summed E-state index contributed by atoms with van der Waals surface area (Å²) in [6.45, 7) is 4.87. The molecule has 0 spiro atoms. The standard InChI is InChI=1S/C15H14ClN3S/c1-9-4-3-5-11(6-9)8-17-13-12-7-10(2)20-14(12)19-15(16)18-13/h3-7H,8H2,1-2H3,(H,17,18,19). The molecule has 20 heavy (non-hydrogen) atoms. The highest BCUT2D eigenvalue weighted by Gasteiger charge is 2.09. The third-order valence-electron chi connectivity index (χ3n) is 3.03. The molecule has 0 aliphatic heterocycles. The lowest BCUT2D eigenvalue weighted by molar-refractivity contribution is 1.10. The van der Waals surface area contributed by atoms with Gasteiger partial charge in [0, 0.05) is 11.4 Å². The number of nitrogens with zero attached hydrogens (tertiary/aromatic N) is 2. The first kappa shape index (κ1) is 13.3. The molecule has 0 atom stereocenters. The summed E-state index contributed by atoms with van der Waals surface area (Å²) in [6.07, 6.45) is 0. The van der Waals surface area contributed by atoms with Crippen molar-refractivity contribution in [2.75, 3.05) is 5.32 Å². The molecule has 3 nitrogen and oxygen atoms in total. The lowest BCUT2D eigenvalue weighted by Crippen LogP contribution is -2.02. The SMILES string of the molecule is Cc1cccc(CNc2nc(Cl)nc3sc(C)cc23)c1. The minimum absolute atomic E-state index is 0.283. The monoisotopic (exact) mass is 303 g/mol. The van der Waals surface area contributed by atoms with E-state index in [1.165, 1.54) is 16.0 Å². The van der Waals surface area contributed by atoms with Gasteiger partial charge in [0.25, 0.3) is 0 Å². The summed E-state index contributed by atoms with van der Waals surface area (Å²) in [7, 11) is 0. The zero-order valence-corrected chi connectivity index (χ0v) is 12.8. The zero-order chi connectivity index (χ0) is 14.1. The van der Waals surface area contributed by atoms with E-state index >= 15 is 0 Å². The number of hydrogen-bond acceptors (Lipinski definition) is 4. The predicted molar refractivity (Wildman–Crippen MR) is 85.7 cm³/mol. The highest BCUT2D eigenvalue weighted by Crippen LogP contribution is 2.29. The van der Waals surface area contributed by atoms with Gasteiger partial charge in [0.15, 0.2) is 0 Å². The van der Waals surface area contributed by atoms with Crippen molar-refractivity contribution in [3.05, 3.63) is 51.6 Å². The normalized spacial score (nSPS) is 10.9. The molecule has 0 aliphatic carbocycles. The predicted octanol–water partition coefficient (Wildman–Crippen LogP) is 4.57. The zero-order valence-electron chi connectivity index (χ0n) is 11.3. The van der Waals surface area contributed by atoms with Crippen LogP contribution in [0.25, 0.3) is 10.2 Å². The van der Waals surface area contributed by atoms with Gasteiger partial charge in [-0.05, 0) is 37.1 Å². The topological polar surface area (TPSA) is 37.8 Å². The molecule has 3 aromatic rings. The smallest absolute Gasteiger partial charge is 0.225 e. The molecule has 0 bridgehead atoms. The maximum Gasteiger partial charge on any atom is 0.225 e. The van der Waals surface area contributed by atoms with Gasteiger partial charge >= 0.3 is 0 Å². The van der Waals surface area contributed by atoms with E-state index < -0.39 is 0 Å². The average molecular weight is 304 g/mol. The van der Waals surface area contributed by atoms with Crippen LogP contribution in [0, 0.1) is 13.8 Å². The van der Waals surface area contributed by atoms with Gasteiger partial charge in [-0.15, -0.1) is 11.3 Å². The Morgan fingerprint density at radius 2 is 2.05 bits per heavy atom. The van der Waals surface area contributed by atoms with Crippen molar-refractivity contribution in [2.45, 2.75) is 20.4 Å². The Balaban J connectivity index is 1.90. The van der Waals surface area contributed by atoms with E-state index in [9.17, 15) is 0 Å². The Bertz CT molecular complexity index is 767. The molecule has 0 saturated carbocycles. The fourth-order valence-electron chi connectivity index (χ4n) is 2.16. The number of aromatic nitrogens is 2. The first-order valence-corrected chi connectivity index (χ1v) is 7.54. The molecule has 2 heterocycles. The lowest BCUT2D eigenvalue weighted by Gasteiger charge is -2.07. The molecule has 5 heteroatoms. The maximum atomic E-state index is 5.98. The van der Waals surface area contributed by atoms with Crippen LogP contribution in [0.2, 0.25) is 5.28 Å². The van der Waals surface area contributed by atoms with E-state index in [1.807, 2.05) is 0 Å². The molecule has 0 amide bonds. The molecular weight excluding hydrogens is 290 g/mol. The van der Waals surface area contributed by atoms with Gasteiger partial charge in [-0.25, -0.2) is 9.97 Å². The summed E-state index contributed by atoms with van der Waals surface area (Å²) in [4.78, 5) is 10.7. The Morgan fingerprint density at radius 3 is 2.85 bits per heavy atom. The molecular formula is C15H14ClN3S. The Labute approximate surface area is 126 Å². The Morgan fingerprint density at radius 1 is 1.20 bits per heavy atom. The highest BCUT2D eigenvalue weighted by atomic mass is 35.5. The van der Waals surface area contributed by atoms with Crippen molar-refractivity contribution in [3.63, 3.8) is 0 Å². The number of anilines is 1. The fourth-order valence-corrected chi connectivity index (χ4v) is 3.26. The summed E-state index contributed by atoms with van der Waals surface area (Å²) in [5, 5.41) is 4.67. The molecule has 1 N–H and O–H groups in total. The number of rotatable bonds is 3. The second kappa shape index (κ2) is 5.38. The molecule has 0 radical (unpaired) electrons. The van der Waals surface area contributed by atoms with Gasteiger partial charge in [-0.2, -0.15) is 0 Å². The molecule has 0 fully saturated rings. The van der Waals surface area contributed by atoms with Crippen LogP contribution in [0.15, 0.2) is 30.3 Å². The van der Waals surface area contributed by atoms with Gasteiger partial charge in [0.05, 0.1) is 5.39 Å². The molecule has 3 rings (SSSR count). The number of thiophene rings is 1. The highest BCUT2D eigenvalue weighted by molar-refractivity contribution is 7.18. The summed E-state index contributed by atoms with van der Waals surface area (Å²) < 4.78 is 0. The third-order valence-corrected chi connectivity index (χ3v) is 4.14. The number of halogens is 1. The van der Waals surface area contributed by atoms with E-state index in [0.717, 1.165) is 22.6 Å². The van der Waals surface area contributed by atoms with Crippen molar-refractivity contribution in [3.8, 4) is 0 Å². The van der Waals surface area contributed by atoms with Crippen LogP contribution in [0.5, 0.6) is 0 Å². The molecule has 102 valence electrons. The second-order valence-corrected chi connectivity index (χ2v) is 6.33. The minimum atomic E-state index is 0.283. The molecule has 0 aliphatic rings. The van der Waals surface area contributed by atoms with Crippen LogP contribution in [0.3, 0.4) is 0 Å². The van der Waals surface area contributed by atoms with E-state index in [4.69, 9.17) is 11.6 Å². The largest absolute Gasteiger partial charge is 0.365 e. The minimum Gasteiger partial charge on any atom is -0.365 e. The van der Waals surface area contributed by atoms with Gasteiger partial charge in [-0.3, -0.25) is 0 Å². The molecule has 1 aromatic carbocycles. The molecule has 2 aromatic heterocycles. The summed E-state index contributed by atoms with van der Waals surface area (Å²) in [6, 6.07) is 10.5. The van der Waals surface area contributed by atoms with Crippen LogP contribution >= 0.6 is 22.9 Å². The van der Waals surface area contributed by atoms with Crippen molar-refractivity contribution >= 4 is 39.0 Å². The van der Waals surface area contributed by atoms with Gasteiger partial charge in [0.2, 0.25) is 5.28 Å². The van der Waals surface area contributed by atoms with Gasteiger partial charge in [-0.1, -0.05) is 29.8 Å². The van der Waals surface area contributed by atoms with Crippen molar-refractivity contribution in [1.82, 2.24) is 9.97 Å². The first-order chi connectivity index (χ1) is 9.61. The number of aryl methyl sites for hydroxylation is 2. The maximum absolute atomic E-state index is 5.98. The van der Waals surface area contributed by atoms with Crippen LogP contribution in [0.1, 0.15) is 16.0 Å². The van der Waals surface area contributed by atoms with Gasteiger partial charge in [0.1, 0.15) is 10.6 Å². The van der Waals surface area contributed by atoms with E-state index in [-0.39, 0.29) is 5.28 Å². The fraction of sp³-hybridized carbons (Fsp3) is 0.200. The quantitative estimate of drug-likeness (QED) is 0.720. The lowest BCUT2D eigenvalue weighted by atomic mass is 10.1. The number of benzene rings is 1. The number of hydrogen-bond donors (Lipinski definition) is 1. The summed E-state index contributed by atoms with van der Waals surface area (Å²) in [5.41, 5.74) is 2.47. The van der Waals surface area contributed by atoms with Crippen LogP contribution < -0.4 is 5.32 Å². The van der Waals surface area contributed by atoms with Crippen LogP contribution in [-0.4, -0.2) is 9.97 Å². The van der Waals surface area contributed by atoms with E-state index in [2.05, 4.69) is 59.5 Å². The summed E-state index contributed by atoms with van der Waals surface area (Å²) >= 11 is 7.61. The first-order valence-electron chi connectivity index (χ1n) is 6.35. The second-order valence-electron chi connectivity index (χ2n) is 4.76. The Hall–Kier alpha value is -1.65.